The number of hydrogen-bond donors (Lipinski definition) is 1. The topological polar surface area (TPSA) is 77.7 Å². The minimum Gasteiger partial charge on any atom is -0.477 e. The van der Waals surface area contributed by atoms with Crippen molar-refractivity contribution in [3.05, 3.63) is 59.9 Å². The van der Waals surface area contributed by atoms with Crippen molar-refractivity contribution < 1.29 is 36.2 Å². The van der Waals surface area contributed by atoms with E-state index in [-0.39, 0.29) is 5.56 Å². The maximum atomic E-state index is 14.1. The van der Waals surface area contributed by atoms with E-state index in [1.807, 2.05) is 0 Å². The molecule has 0 radical (unpaired) electrons. The van der Waals surface area contributed by atoms with Gasteiger partial charge < -0.3 is 15.2 Å². The minimum atomic E-state index is -5.08. The molecule has 1 aromatic heterocycles. The number of para-hydroxylation sites is 1. The molecule has 0 saturated carbocycles. The third-order valence-corrected chi connectivity index (χ3v) is 5.65. The number of primary amides is 1. The normalized spacial score (nSPS) is 17.1. The summed E-state index contributed by atoms with van der Waals surface area (Å²) in [4.78, 5) is 18.1. The molecule has 180 valence electrons. The Kier molecular flexibility index (Phi) is 5.96. The number of amides is 2. The number of aryl methyl sites for hydroxylation is 1. The number of alkyl halides is 5. The third kappa shape index (κ3) is 4.29. The lowest BCUT2D eigenvalue weighted by molar-refractivity contribution is -0.275. The number of carbonyl (C=O) groups excluding carboxylic acids is 1. The van der Waals surface area contributed by atoms with Gasteiger partial charge in [-0.05, 0) is 25.1 Å². The second-order valence-corrected chi connectivity index (χ2v) is 8.03. The lowest BCUT2D eigenvalue weighted by Crippen LogP contribution is -2.51. The lowest BCUT2D eigenvalue weighted by Gasteiger charge is -2.43. The maximum Gasteiger partial charge on any atom is 0.573 e. The minimum absolute atomic E-state index is 0.0702. The van der Waals surface area contributed by atoms with Gasteiger partial charge >= 0.3 is 12.4 Å². The number of rotatable bonds is 5. The van der Waals surface area contributed by atoms with Gasteiger partial charge in [-0.15, -0.1) is 13.2 Å². The van der Waals surface area contributed by atoms with Crippen LogP contribution in [0.5, 0.6) is 11.5 Å². The fraction of sp³-hybridized carbons (Fsp3) is 0.304. The molecule has 0 saturated heterocycles. The molecule has 0 aliphatic carbocycles. The zero-order chi connectivity index (χ0) is 24.7. The molecule has 2 aromatic carbocycles. The molecule has 0 unspecified atom stereocenters. The van der Waals surface area contributed by atoms with Crippen LogP contribution in [0.3, 0.4) is 0 Å². The first-order chi connectivity index (χ1) is 16.1. The second kappa shape index (κ2) is 8.62. The van der Waals surface area contributed by atoms with Crippen molar-refractivity contribution in [2.24, 2.45) is 5.73 Å². The number of pyridine rings is 1. The first-order valence-corrected chi connectivity index (χ1v) is 10.2. The molecule has 11 heteroatoms. The van der Waals surface area contributed by atoms with Crippen LogP contribution in [0.25, 0.3) is 10.8 Å². The van der Waals surface area contributed by atoms with E-state index in [2.05, 4.69) is 9.72 Å². The van der Waals surface area contributed by atoms with Gasteiger partial charge in [0.05, 0.1) is 11.7 Å². The number of urea groups is 1. The summed E-state index contributed by atoms with van der Waals surface area (Å²) in [5.41, 5.74) is 4.60. The Hall–Kier alpha value is -3.63. The van der Waals surface area contributed by atoms with Crippen molar-refractivity contribution in [2.45, 2.75) is 31.3 Å². The zero-order valence-electron chi connectivity index (χ0n) is 17.9. The van der Waals surface area contributed by atoms with Crippen molar-refractivity contribution in [3.8, 4) is 11.5 Å². The average molecular weight is 481 g/mol. The first kappa shape index (κ1) is 23.5. The standard InChI is InChI=1S/C23H20F5N3O3/c1-13-8-16-14(10-30-13)4-2-6-17(16)31(21(29)32)18-9-22(11-24,12-25)34-20-15(18)5-3-7-19(20)33-23(26,27)28/h2-8,10,18H,9,11-12H2,1H3,(H2,29,32)/t18-/m1/s1. The Balaban J connectivity index is 1.95. The summed E-state index contributed by atoms with van der Waals surface area (Å²) in [6, 6.07) is 8.22. The summed E-state index contributed by atoms with van der Waals surface area (Å²) in [5.74, 6) is -1.28. The van der Waals surface area contributed by atoms with Crippen LogP contribution in [0.2, 0.25) is 0 Å². The molecular formula is C23H20F5N3O3. The highest BCUT2D eigenvalue weighted by molar-refractivity contribution is 6.03. The van der Waals surface area contributed by atoms with Gasteiger partial charge in [-0.1, -0.05) is 24.3 Å². The Bertz CT molecular complexity index is 1230. The van der Waals surface area contributed by atoms with Gasteiger partial charge in [0.2, 0.25) is 0 Å². The van der Waals surface area contributed by atoms with Crippen LogP contribution in [0.15, 0.2) is 48.7 Å². The molecular weight excluding hydrogens is 461 g/mol. The van der Waals surface area contributed by atoms with Gasteiger partial charge in [-0.25, -0.2) is 13.6 Å². The molecule has 3 aromatic rings. The maximum absolute atomic E-state index is 14.1. The first-order valence-electron chi connectivity index (χ1n) is 10.2. The summed E-state index contributed by atoms with van der Waals surface area (Å²) in [6.07, 6.45) is -3.89. The van der Waals surface area contributed by atoms with E-state index in [0.29, 0.717) is 22.2 Å². The molecule has 2 amide bonds. The van der Waals surface area contributed by atoms with E-state index in [9.17, 15) is 26.7 Å². The van der Waals surface area contributed by atoms with Crippen LogP contribution >= 0.6 is 0 Å². The molecule has 2 heterocycles. The van der Waals surface area contributed by atoms with Crippen molar-refractivity contribution in [1.29, 1.82) is 0 Å². The van der Waals surface area contributed by atoms with E-state index in [1.165, 1.54) is 12.1 Å². The molecule has 6 nitrogen and oxygen atoms in total. The number of nitrogens with two attached hydrogens (primary N) is 1. The summed E-state index contributed by atoms with van der Waals surface area (Å²) in [6.45, 7) is -0.970. The van der Waals surface area contributed by atoms with E-state index in [0.717, 1.165) is 11.0 Å². The molecule has 0 bridgehead atoms. The average Bonchev–Trinajstić information content (AvgIpc) is 2.78. The largest absolute Gasteiger partial charge is 0.573 e. The van der Waals surface area contributed by atoms with E-state index in [4.69, 9.17) is 10.5 Å². The Morgan fingerprint density at radius 2 is 1.94 bits per heavy atom. The number of halogens is 5. The highest BCUT2D eigenvalue weighted by Gasteiger charge is 2.47. The van der Waals surface area contributed by atoms with Crippen LogP contribution in [0, 0.1) is 6.92 Å². The number of nitrogens with zero attached hydrogens (tertiary/aromatic N) is 2. The molecule has 34 heavy (non-hydrogen) atoms. The fourth-order valence-electron chi connectivity index (χ4n) is 4.17. The third-order valence-electron chi connectivity index (χ3n) is 5.65. The molecule has 1 aliphatic rings. The molecule has 0 spiro atoms. The zero-order valence-corrected chi connectivity index (χ0v) is 17.9. The number of aromatic nitrogens is 1. The van der Waals surface area contributed by atoms with Gasteiger partial charge in [0.1, 0.15) is 13.3 Å². The molecule has 4 rings (SSSR count). The number of anilines is 1. The summed E-state index contributed by atoms with van der Waals surface area (Å²) in [5, 5.41) is 1.24. The van der Waals surface area contributed by atoms with Gasteiger partial charge in [0.15, 0.2) is 17.1 Å². The predicted octanol–water partition coefficient (Wildman–Crippen LogP) is 5.53. The quantitative estimate of drug-likeness (QED) is 0.487. The number of fused-ring (bicyclic) bond motifs is 2. The smallest absolute Gasteiger partial charge is 0.477 e. The van der Waals surface area contributed by atoms with Crippen LogP contribution in [0.4, 0.5) is 32.4 Å². The van der Waals surface area contributed by atoms with Gasteiger partial charge in [0, 0.05) is 34.6 Å². The van der Waals surface area contributed by atoms with Crippen LogP contribution < -0.4 is 20.1 Å². The van der Waals surface area contributed by atoms with Gasteiger partial charge in [-0.2, -0.15) is 0 Å². The summed E-state index contributed by atoms with van der Waals surface area (Å²) >= 11 is 0. The Morgan fingerprint density at radius 3 is 2.59 bits per heavy atom. The van der Waals surface area contributed by atoms with Crippen LogP contribution in [-0.4, -0.2) is 36.3 Å². The number of benzene rings is 2. The van der Waals surface area contributed by atoms with Gasteiger partial charge in [0.25, 0.3) is 0 Å². The highest BCUT2D eigenvalue weighted by atomic mass is 19.4. The van der Waals surface area contributed by atoms with Crippen molar-refractivity contribution in [1.82, 2.24) is 4.98 Å². The summed E-state index contributed by atoms with van der Waals surface area (Å²) in [7, 11) is 0. The van der Waals surface area contributed by atoms with Crippen molar-refractivity contribution >= 4 is 22.5 Å². The SMILES string of the molecule is Cc1cc2c(N(C(N)=O)[C@@H]3CC(CF)(CF)Oc4c(OC(F)(F)F)cccc43)cccc2cn1. The van der Waals surface area contributed by atoms with Gasteiger partial charge in [-0.3, -0.25) is 9.88 Å². The van der Waals surface area contributed by atoms with Crippen LogP contribution in [0.1, 0.15) is 23.7 Å². The lowest BCUT2D eigenvalue weighted by atomic mass is 9.87. The Labute approximate surface area is 191 Å². The fourth-order valence-corrected chi connectivity index (χ4v) is 4.17. The molecule has 1 atom stereocenters. The molecule has 2 N–H and O–H groups in total. The monoisotopic (exact) mass is 481 g/mol. The van der Waals surface area contributed by atoms with Crippen molar-refractivity contribution in [2.75, 3.05) is 18.2 Å². The molecule has 0 fully saturated rings. The van der Waals surface area contributed by atoms with E-state index in [1.54, 1.807) is 37.4 Å². The van der Waals surface area contributed by atoms with Crippen LogP contribution in [-0.2, 0) is 0 Å². The number of hydrogen-bond acceptors (Lipinski definition) is 4. The number of ether oxygens (including phenoxy) is 2. The Morgan fingerprint density at radius 1 is 1.24 bits per heavy atom. The summed E-state index contributed by atoms with van der Waals surface area (Å²) < 4.78 is 76.7. The second-order valence-electron chi connectivity index (χ2n) is 8.03. The predicted molar refractivity (Wildman–Crippen MR) is 114 cm³/mol. The van der Waals surface area contributed by atoms with Crippen molar-refractivity contribution in [3.63, 3.8) is 0 Å². The van der Waals surface area contributed by atoms with E-state index >= 15 is 0 Å². The van der Waals surface area contributed by atoms with E-state index < -0.39 is 55.3 Å². The highest BCUT2D eigenvalue weighted by Crippen LogP contribution is 2.50. The number of carbonyl (C=O) groups is 1. The molecule has 1 aliphatic heterocycles.